The molecule has 0 aliphatic heterocycles. The van der Waals surface area contributed by atoms with Crippen molar-refractivity contribution in [3.05, 3.63) is 39.5 Å². The fourth-order valence-electron chi connectivity index (χ4n) is 2.36. The minimum Gasteiger partial charge on any atom is -0.497 e. The molecule has 0 bridgehead atoms. The summed E-state index contributed by atoms with van der Waals surface area (Å²) in [4.78, 5) is 32.1. The minimum atomic E-state index is -0.233. The Morgan fingerprint density at radius 3 is 2.88 bits per heavy atom. The molecule has 26 heavy (non-hydrogen) atoms. The highest BCUT2D eigenvalue weighted by Crippen LogP contribution is 2.29. The van der Waals surface area contributed by atoms with E-state index in [2.05, 4.69) is 15.3 Å². The van der Waals surface area contributed by atoms with Gasteiger partial charge in [0.15, 0.2) is 5.16 Å². The summed E-state index contributed by atoms with van der Waals surface area (Å²) in [6.45, 7) is 1.87. The van der Waals surface area contributed by atoms with Gasteiger partial charge in [-0.3, -0.25) is 9.59 Å². The number of hydrogen-bond acceptors (Lipinski definition) is 7. The number of carbonyl (C=O) groups is 1. The number of ether oxygens (including phenoxy) is 2. The summed E-state index contributed by atoms with van der Waals surface area (Å²) in [5.74, 6) is 1.01. The summed E-state index contributed by atoms with van der Waals surface area (Å²) in [5.41, 5.74) is 1.26. The maximum atomic E-state index is 12.2. The molecule has 0 radical (unpaired) electrons. The fraction of sp³-hybridized carbons (Fsp3) is 0.235. The zero-order valence-electron chi connectivity index (χ0n) is 14.4. The molecule has 7 nitrogen and oxygen atoms in total. The number of fused-ring (bicyclic) bond motifs is 1. The molecule has 2 N–H and O–H groups in total. The van der Waals surface area contributed by atoms with E-state index < -0.39 is 0 Å². The SMILES string of the molecule is COc1ccc(NC(=O)CSc2nc3scc(C)c3c(=O)[nH]2)c(OC)c1. The van der Waals surface area contributed by atoms with Gasteiger partial charge in [-0.1, -0.05) is 11.8 Å². The second-order valence-corrected chi connectivity index (χ2v) is 7.20. The first-order valence-electron chi connectivity index (χ1n) is 7.64. The Balaban J connectivity index is 1.69. The second-order valence-electron chi connectivity index (χ2n) is 5.37. The number of nitrogens with zero attached hydrogens (tertiary/aromatic N) is 1. The number of aryl methyl sites for hydroxylation is 1. The third-order valence-corrected chi connectivity index (χ3v) is 5.49. The highest BCUT2D eigenvalue weighted by molar-refractivity contribution is 7.99. The van der Waals surface area contributed by atoms with Gasteiger partial charge < -0.3 is 19.8 Å². The third kappa shape index (κ3) is 3.83. The van der Waals surface area contributed by atoms with Crippen LogP contribution in [0.1, 0.15) is 5.56 Å². The molecule has 0 saturated carbocycles. The first-order chi connectivity index (χ1) is 12.5. The van der Waals surface area contributed by atoms with Crippen LogP contribution in [0.4, 0.5) is 5.69 Å². The predicted molar refractivity (Wildman–Crippen MR) is 104 cm³/mol. The van der Waals surface area contributed by atoms with E-state index in [1.165, 1.54) is 30.2 Å². The summed E-state index contributed by atoms with van der Waals surface area (Å²) >= 11 is 2.58. The number of aromatic nitrogens is 2. The standard InChI is InChI=1S/C17H17N3O4S2/c1-9-7-25-16-14(9)15(22)19-17(20-16)26-8-13(21)18-11-5-4-10(23-2)6-12(11)24-3/h4-7H,8H2,1-3H3,(H,18,21)(H,19,20,22). The topological polar surface area (TPSA) is 93.3 Å². The lowest BCUT2D eigenvalue weighted by atomic mass is 10.2. The summed E-state index contributed by atoms with van der Waals surface area (Å²) in [7, 11) is 3.08. The average Bonchev–Trinajstić information content (AvgIpc) is 3.01. The molecule has 0 aliphatic rings. The molecule has 0 atom stereocenters. The number of hydrogen-bond donors (Lipinski definition) is 2. The van der Waals surface area contributed by atoms with Gasteiger partial charge in [0.2, 0.25) is 5.91 Å². The van der Waals surface area contributed by atoms with E-state index in [-0.39, 0.29) is 17.2 Å². The number of thiophene rings is 1. The van der Waals surface area contributed by atoms with Crippen LogP contribution in [0.25, 0.3) is 10.2 Å². The van der Waals surface area contributed by atoms with Gasteiger partial charge in [-0.15, -0.1) is 11.3 Å². The third-order valence-electron chi connectivity index (χ3n) is 3.63. The van der Waals surface area contributed by atoms with E-state index in [1.807, 2.05) is 12.3 Å². The van der Waals surface area contributed by atoms with Gasteiger partial charge in [-0.05, 0) is 30.0 Å². The number of aromatic amines is 1. The normalized spacial score (nSPS) is 10.7. The van der Waals surface area contributed by atoms with Crippen LogP contribution in [0.5, 0.6) is 11.5 Å². The highest BCUT2D eigenvalue weighted by atomic mass is 32.2. The summed E-state index contributed by atoms with van der Waals surface area (Å²) in [6, 6.07) is 5.13. The lowest BCUT2D eigenvalue weighted by molar-refractivity contribution is -0.113. The number of anilines is 1. The van der Waals surface area contributed by atoms with Crippen LogP contribution in [0, 0.1) is 6.92 Å². The maximum absolute atomic E-state index is 12.2. The molecular formula is C17H17N3O4S2. The van der Waals surface area contributed by atoms with Crippen molar-refractivity contribution >= 4 is 44.9 Å². The maximum Gasteiger partial charge on any atom is 0.260 e. The van der Waals surface area contributed by atoms with Crippen molar-refractivity contribution in [1.29, 1.82) is 0 Å². The van der Waals surface area contributed by atoms with Crippen LogP contribution in [0.2, 0.25) is 0 Å². The summed E-state index contributed by atoms with van der Waals surface area (Å²) < 4.78 is 10.4. The second kappa shape index (κ2) is 7.79. The van der Waals surface area contributed by atoms with E-state index in [1.54, 1.807) is 25.3 Å². The molecule has 136 valence electrons. The number of methoxy groups -OCH3 is 2. The van der Waals surface area contributed by atoms with Crippen molar-refractivity contribution in [3.63, 3.8) is 0 Å². The Kier molecular flexibility index (Phi) is 5.48. The Morgan fingerprint density at radius 1 is 1.35 bits per heavy atom. The van der Waals surface area contributed by atoms with Crippen LogP contribution in [-0.2, 0) is 4.79 Å². The van der Waals surface area contributed by atoms with E-state index in [4.69, 9.17) is 9.47 Å². The zero-order chi connectivity index (χ0) is 18.7. The molecule has 0 spiro atoms. The monoisotopic (exact) mass is 391 g/mol. The largest absolute Gasteiger partial charge is 0.497 e. The highest BCUT2D eigenvalue weighted by Gasteiger charge is 2.12. The number of amides is 1. The molecule has 1 amide bonds. The predicted octanol–water partition coefficient (Wildman–Crippen LogP) is 3.04. The van der Waals surface area contributed by atoms with E-state index in [0.717, 1.165) is 5.56 Å². The first-order valence-corrected chi connectivity index (χ1v) is 9.51. The van der Waals surface area contributed by atoms with Crippen molar-refractivity contribution in [2.75, 3.05) is 25.3 Å². The molecule has 0 unspecified atom stereocenters. The number of rotatable bonds is 6. The van der Waals surface area contributed by atoms with E-state index in [9.17, 15) is 9.59 Å². The minimum absolute atomic E-state index is 0.105. The molecule has 1 aromatic carbocycles. The molecule has 0 saturated heterocycles. The van der Waals surface area contributed by atoms with Gasteiger partial charge in [-0.25, -0.2) is 4.98 Å². The molecule has 3 aromatic rings. The molecule has 2 aromatic heterocycles. The van der Waals surface area contributed by atoms with Gasteiger partial charge in [0.05, 0.1) is 31.0 Å². The van der Waals surface area contributed by atoms with E-state index >= 15 is 0 Å². The van der Waals surface area contributed by atoms with Crippen molar-refractivity contribution < 1.29 is 14.3 Å². The van der Waals surface area contributed by atoms with Gasteiger partial charge in [0, 0.05) is 6.07 Å². The van der Waals surface area contributed by atoms with Gasteiger partial charge in [0.1, 0.15) is 16.3 Å². The number of benzene rings is 1. The molecule has 9 heteroatoms. The van der Waals surface area contributed by atoms with Gasteiger partial charge in [-0.2, -0.15) is 0 Å². The Bertz CT molecular complexity index is 1010. The number of carbonyl (C=O) groups excluding carboxylic acids is 1. The average molecular weight is 391 g/mol. The summed E-state index contributed by atoms with van der Waals surface area (Å²) in [5, 5.41) is 5.70. The zero-order valence-corrected chi connectivity index (χ0v) is 16.0. The molecule has 0 fully saturated rings. The summed E-state index contributed by atoms with van der Waals surface area (Å²) in [6.07, 6.45) is 0. The fourth-order valence-corrected chi connectivity index (χ4v) is 4.00. The van der Waals surface area contributed by atoms with Crippen LogP contribution < -0.4 is 20.3 Å². The quantitative estimate of drug-likeness (QED) is 0.496. The first kappa shape index (κ1) is 18.3. The van der Waals surface area contributed by atoms with Crippen molar-refractivity contribution in [1.82, 2.24) is 9.97 Å². The number of H-pyrrole nitrogens is 1. The number of thioether (sulfide) groups is 1. The number of nitrogens with one attached hydrogen (secondary N) is 2. The van der Waals surface area contributed by atoms with Gasteiger partial charge >= 0.3 is 0 Å². The molecule has 2 heterocycles. The van der Waals surface area contributed by atoms with Crippen LogP contribution in [0.3, 0.4) is 0 Å². The lowest BCUT2D eigenvalue weighted by Gasteiger charge is -2.11. The Hall–Kier alpha value is -2.52. The van der Waals surface area contributed by atoms with Crippen molar-refractivity contribution in [2.24, 2.45) is 0 Å². The molecular weight excluding hydrogens is 374 g/mol. The van der Waals surface area contributed by atoms with Gasteiger partial charge in [0.25, 0.3) is 5.56 Å². The van der Waals surface area contributed by atoms with Crippen molar-refractivity contribution in [3.8, 4) is 11.5 Å². The van der Waals surface area contributed by atoms with Crippen LogP contribution >= 0.6 is 23.1 Å². The van der Waals surface area contributed by atoms with E-state index in [0.29, 0.717) is 32.6 Å². The molecule has 0 aliphatic carbocycles. The Morgan fingerprint density at radius 2 is 2.15 bits per heavy atom. The van der Waals surface area contributed by atoms with Crippen molar-refractivity contribution in [2.45, 2.75) is 12.1 Å². The van der Waals surface area contributed by atoms with Crippen LogP contribution in [0.15, 0.2) is 33.5 Å². The lowest BCUT2D eigenvalue weighted by Crippen LogP contribution is -2.16. The van der Waals surface area contributed by atoms with Crippen LogP contribution in [-0.4, -0.2) is 35.8 Å². The Labute approximate surface area is 157 Å². The smallest absolute Gasteiger partial charge is 0.260 e. The molecule has 3 rings (SSSR count).